The highest BCUT2D eigenvalue weighted by Crippen LogP contribution is 2.36. The fourth-order valence-electron chi connectivity index (χ4n) is 2.69. The summed E-state index contributed by atoms with van der Waals surface area (Å²) in [6.07, 6.45) is -3.42. The molecule has 2 aromatic heterocycles. The van der Waals surface area contributed by atoms with Gasteiger partial charge in [0, 0.05) is 0 Å². The molecule has 4 atom stereocenters. The summed E-state index contributed by atoms with van der Waals surface area (Å²) in [6, 6.07) is 0. The summed E-state index contributed by atoms with van der Waals surface area (Å²) in [7, 11) is 0. The van der Waals surface area contributed by atoms with Crippen molar-refractivity contribution in [3.63, 3.8) is 0 Å². The number of anilines is 1. The maximum atomic E-state index is 10.4. The summed E-state index contributed by atoms with van der Waals surface area (Å²) in [5, 5.41) is 39.8. The van der Waals surface area contributed by atoms with E-state index >= 15 is 0 Å². The van der Waals surface area contributed by atoms with Crippen LogP contribution in [0.5, 0.6) is 0 Å². The third kappa shape index (κ3) is 3.28. The predicted molar refractivity (Wildman–Crippen MR) is 85.2 cm³/mol. The first-order chi connectivity index (χ1) is 10.8. The molecule has 0 aromatic carbocycles. The number of nitrogens with two attached hydrogens (primary N) is 1. The first-order valence-corrected chi connectivity index (χ1v) is 7.09. The van der Waals surface area contributed by atoms with Crippen LogP contribution in [0.3, 0.4) is 0 Å². The predicted octanol–water partition coefficient (Wildman–Crippen LogP) is -3.40. The van der Waals surface area contributed by atoms with E-state index in [0.29, 0.717) is 0 Å². The number of aromatic nitrogens is 4. The molecule has 0 radical (unpaired) electrons. The molecular formula is C13H23N5O7. The number of ether oxygens (including phenoxy) is 1. The SMILES string of the molecule is CC(C)(O)c1nc2c(N)ncnc2n1C1OC(CO)C(O)C1O.O.O. The van der Waals surface area contributed by atoms with E-state index in [0.717, 1.165) is 0 Å². The van der Waals surface area contributed by atoms with Gasteiger partial charge in [-0.2, -0.15) is 0 Å². The van der Waals surface area contributed by atoms with E-state index < -0.39 is 36.7 Å². The van der Waals surface area contributed by atoms with Crippen LogP contribution >= 0.6 is 0 Å². The van der Waals surface area contributed by atoms with E-state index in [9.17, 15) is 20.4 Å². The van der Waals surface area contributed by atoms with E-state index in [1.165, 1.54) is 24.7 Å². The average Bonchev–Trinajstić information content (AvgIpc) is 2.99. The van der Waals surface area contributed by atoms with Gasteiger partial charge in [0.2, 0.25) is 0 Å². The molecule has 3 heterocycles. The van der Waals surface area contributed by atoms with Gasteiger partial charge in [0.1, 0.15) is 36.1 Å². The number of aliphatic hydroxyl groups excluding tert-OH is 3. The van der Waals surface area contributed by atoms with E-state index in [1.54, 1.807) is 0 Å². The van der Waals surface area contributed by atoms with E-state index in [2.05, 4.69) is 15.0 Å². The number of imidazole rings is 1. The fourth-order valence-corrected chi connectivity index (χ4v) is 2.69. The summed E-state index contributed by atoms with van der Waals surface area (Å²) >= 11 is 0. The topological polar surface area (TPSA) is 223 Å². The van der Waals surface area contributed by atoms with Crippen molar-refractivity contribution >= 4 is 17.0 Å². The quantitative estimate of drug-likeness (QED) is 0.366. The zero-order chi connectivity index (χ0) is 16.9. The third-order valence-corrected chi connectivity index (χ3v) is 3.82. The lowest BCUT2D eigenvalue weighted by Gasteiger charge is -2.24. The molecule has 3 rings (SSSR count). The van der Waals surface area contributed by atoms with Crippen molar-refractivity contribution in [2.24, 2.45) is 0 Å². The lowest BCUT2D eigenvalue weighted by Crippen LogP contribution is -2.34. The molecule has 142 valence electrons. The second kappa shape index (κ2) is 7.13. The van der Waals surface area contributed by atoms with Crippen LogP contribution in [0.1, 0.15) is 25.9 Å². The molecule has 2 aromatic rings. The third-order valence-electron chi connectivity index (χ3n) is 3.82. The highest BCUT2D eigenvalue weighted by Gasteiger charge is 2.46. The second-order valence-corrected chi connectivity index (χ2v) is 6.02. The van der Waals surface area contributed by atoms with Gasteiger partial charge in [-0.15, -0.1) is 0 Å². The minimum Gasteiger partial charge on any atom is -0.412 e. The Balaban J connectivity index is 0.00000156. The van der Waals surface area contributed by atoms with Crippen LogP contribution in [0.4, 0.5) is 5.82 Å². The van der Waals surface area contributed by atoms with Crippen LogP contribution in [0, 0.1) is 0 Å². The molecule has 4 unspecified atom stereocenters. The minimum absolute atomic E-state index is 0. The number of fused-ring (bicyclic) bond motifs is 1. The maximum Gasteiger partial charge on any atom is 0.167 e. The Morgan fingerprint density at radius 1 is 1.24 bits per heavy atom. The van der Waals surface area contributed by atoms with Crippen molar-refractivity contribution in [3.05, 3.63) is 12.2 Å². The molecule has 1 aliphatic rings. The van der Waals surface area contributed by atoms with Crippen LogP contribution < -0.4 is 5.73 Å². The van der Waals surface area contributed by atoms with Crippen LogP contribution in [0.25, 0.3) is 11.2 Å². The molecule has 0 bridgehead atoms. The molecule has 0 saturated carbocycles. The molecule has 12 nitrogen and oxygen atoms in total. The number of hydrogen-bond donors (Lipinski definition) is 5. The molecular weight excluding hydrogens is 338 g/mol. The largest absolute Gasteiger partial charge is 0.412 e. The van der Waals surface area contributed by atoms with Gasteiger partial charge in [-0.05, 0) is 13.8 Å². The highest BCUT2D eigenvalue weighted by atomic mass is 16.6. The zero-order valence-corrected chi connectivity index (χ0v) is 13.7. The van der Waals surface area contributed by atoms with Crippen molar-refractivity contribution < 1.29 is 36.1 Å². The number of nitrogen functional groups attached to an aromatic ring is 1. The van der Waals surface area contributed by atoms with Crippen molar-refractivity contribution in [2.75, 3.05) is 12.3 Å². The summed E-state index contributed by atoms with van der Waals surface area (Å²) in [5.74, 6) is 0.264. The average molecular weight is 361 g/mol. The van der Waals surface area contributed by atoms with Gasteiger partial charge >= 0.3 is 0 Å². The zero-order valence-electron chi connectivity index (χ0n) is 13.7. The molecule has 1 saturated heterocycles. The fraction of sp³-hybridized carbons (Fsp3) is 0.615. The summed E-state index contributed by atoms with van der Waals surface area (Å²) in [5.41, 5.74) is 4.91. The van der Waals surface area contributed by atoms with Gasteiger partial charge in [0.25, 0.3) is 0 Å². The van der Waals surface area contributed by atoms with Gasteiger partial charge in [0.05, 0.1) is 6.61 Å². The lowest BCUT2D eigenvalue weighted by molar-refractivity contribution is -0.0582. The number of aliphatic hydroxyl groups is 4. The van der Waals surface area contributed by atoms with Gasteiger partial charge < -0.3 is 41.8 Å². The Labute approximate surface area is 142 Å². The maximum absolute atomic E-state index is 10.4. The molecule has 1 aliphatic heterocycles. The van der Waals surface area contributed by atoms with Gasteiger partial charge in [-0.1, -0.05) is 0 Å². The van der Waals surface area contributed by atoms with Crippen LogP contribution in [0.15, 0.2) is 6.33 Å². The molecule has 1 fully saturated rings. The Bertz CT molecular complexity index is 731. The smallest absolute Gasteiger partial charge is 0.167 e. The molecule has 10 N–H and O–H groups in total. The molecule has 0 amide bonds. The first-order valence-electron chi connectivity index (χ1n) is 7.09. The lowest BCUT2D eigenvalue weighted by atomic mass is 10.1. The first kappa shape index (κ1) is 21.1. The van der Waals surface area contributed by atoms with E-state index in [4.69, 9.17) is 10.5 Å². The van der Waals surface area contributed by atoms with Crippen molar-refractivity contribution in [3.8, 4) is 0 Å². The normalized spacial score (nSPS) is 26.3. The Hall–Kier alpha value is -1.93. The minimum atomic E-state index is -1.39. The number of rotatable bonds is 3. The van der Waals surface area contributed by atoms with Crippen molar-refractivity contribution in [2.45, 2.75) is 44.0 Å². The van der Waals surface area contributed by atoms with Crippen molar-refractivity contribution in [1.29, 1.82) is 0 Å². The van der Waals surface area contributed by atoms with Crippen LogP contribution in [-0.2, 0) is 10.3 Å². The van der Waals surface area contributed by atoms with E-state index in [-0.39, 0.29) is 33.8 Å². The number of hydrogen-bond acceptors (Lipinski definition) is 9. The van der Waals surface area contributed by atoms with Gasteiger partial charge in [-0.3, -0.25) is 4.57 Å². The van der Waals surface area contributed by atoms with Crippen LogP contribution in [0.2, 0.25) is 0 Å². The number of nitrogens with zero attached hydrogens (tertiary/aromatic N) is 4. The molecule has 0 spiro atoms. The Morgan fingerprint density at radius 3 is 2.40 bits per heavy atom. The molecule has 25 heavy (non-hydrogen) atoms. The second-order valence-electron chi connectivity index (χ2n) is 6.02. The Kier molecular flexibility index (Phi) is 6.02. The van der Waals surface area contributed by atoms with E-state index in [1.807, 2.05) is 0 Å². The Morgan fingerprint density at radius 2 is 1.88 bits per heavy atom. The summed E-state index contributed by atoms with van der Waals surface area (Å²) in [4.78, 5) is 12.2. The molecule has 0 aliphatic carbocycles. The van der Waals surface area contributed by atoms with Gasteiger partial charge in [-0.25, -0.2) is 15.0 Å². The van der Waals surface area contributed by atoms with Crippen molar-refractivity contribution in [1.82, 2.24) is 19.5 Å². The van der Waals surface area contributed by atoms with Crippen LogP contribution in [-0.4, -0.2) is 75.8 Å². The van der Waals surface area contributed by atoms with Gasteiger partial charge in [0.15, 0.2) is 23.2 Å². The molecule has 12 heteroatoms. The standard InChI is InChI=1S/C13H19N5O5.2H2O/c1-13(2,22)12-17-6-9(14)15-4-16-10(6)18(12)11-8(21)7(20)5(3-19)23-11;;/h4-5,7-8,11,19-22H,3H2,1-2H3,(H2,14,15,16);2*1H2. The monoisotopic (exact) mass is 361 g/mol. The summed E-state index contributed by atoms with van der Waals surface area (Å²) < 4.78 is 6.90. The summed E-state index contributed by atoms with van der Waals surface area (Å²) in [6.45, 7) is 2.56. The highest BCUT2D eigenvalue weighted by molar-refractivity contribution is 5.82.